The van der Waals surface area contributed by atoms with Crippen molar-refractivity contribution in [2.75, 3.05) is 12.1 Å². The smallest absolute Gasteiger partial charge is 0.267 e. The van der Waals surface area contributed by atoms with Crippen LogP contribution in [0.3, 0.4) is 0 Å². The maximum atomic E-state index is 12.2. The van der Waals surface area contributed by atoms with Gasteiger partial charge in [-0.15, -0.1) is 10.2 Å². The molecule has 0 bridgehead atoms. The Morgan fingerprint density at radius 1 is 1.22 bits per heavy atom. The van der Waals surface area contributed by atoms with E-state index >= 15 is 0 Å². The van der Waals surface area contributed by atoms with E-state index in [9.17, 15) is 9.59 Å². The number of fused-ring (bicyclic) bond motifs is 1. The van der Waals surface area contributed by atoms with Crippen LogP contribution in [0.4, 0.5) is 5.13 Å². The Balaban J connectivity index is 1.53. The van der Waals surface area contributed by atoms with Gasteiger partial charge in [0, 0.05) is 11.6 Å². The predicted octanol–water partition coefficient (Wildman–Crippen LogP) is 1.69. The van der Waals surface area contributed by atoms with Crippen LogP contribution in [-0.2, 0) is 17.8 Å². The highest BCUT2D eigenvalue weighted by Gasteiger charge is 2.15. The van der Waals surface area contributed by atoms with E-state index in [-0.39, 0.29) is 18.9 Å². The molecule has 1 N–H and O–H groups in total. The lowest BCUT2D eigenvalue weighted by Crippen LogP contribution is -2.29. The van der Waals surface area contributed by atoms with Gasteiger partial charge in [-0.25, -0.2) is 4.68 Å². The molecular formula is C17H15N5O4S. The number of benzene rings is 1. The monoisotopic (exact) mass is 385 g/mol. The van der Waals surface area contributed by atoms with E-state index < -0.39 is 5.91 Å². The molecule has 2 aromatic heterocycles. The fourth-order valence-corrected chi connectivity index (χ4v) is 3.21. The molecule has 1 aromatic carbocycles. The summed E-state index contributed by atoms with van der Waals surface area (Å²) >= 11 is 1.30. The van der Waals surface area contributed by atoms with Gasteiger partial charge in [0.2, 0.25) is 17.8 Å². The Hall–Kier alpha value is -3.27. The third-order valence-electron chi connectivity index (χ3n) is 3.84. The number of nitrogens with zero attached hydrogens (tertiary/aromatic N) is 4. The fraction of sp³-hybridized carbons (Fsp3) is 0.235. The Bertz CT molecular complexity index is 1060. The summed E-state index contributed by atoms with van der Waals surface area (Å²) in [6.45, 7) is 1.91. The predicted molar refractivity (Wildman–Crippen MR) is 98.0 cm³/mol. The highest BCUT2D eigenvalue weighted by Crippen LogP contribution is 2.35. The molecule has 1 aliphatic heterocycles. The molecule has 10 heteroatoms. The minimum atomic E-state index is -0.397. The Kier molecular flexibility index (Phi) is 4.55. The fourth-order valence-electron chi connectivity index (χ4n) is 2.51. The first-order chi connectivity index (χ1) is 13.1. The van der Waals surface area contributed by atoms with Gasteiger partial charge in [0.25, 0.3) is 5.56 Å². The lowest BCUT2D eigenvalue weighted by molar-refractivity contribution is -0.117. The first-order valence-electron chi connectivity index (χ1n) is 8.23. The maximum Gasteiger partial charge on any atom is 0.267 e. The van der Waals surface area contributed by atoms with Crippen LogP contribution < -0.4 is 20.3 Å². The van der Waals surface area contributed by atoms with Gasteiger partial charge >= 0.3 is 0 Å². The zero-order valence-corrected chi connectivity index (χ0v) is 15.2. The van der Waals surface area contributed by atoms with Crippen molar-refractivity contribution in [1.82, 2.24) is 20.0 Å². The number of ether oxygens (including phenoxy) is 2. The molecule has 138 valence electrons. The van der Waals surface area contributed by atoms with Gasteiger partial charge < -0.3 is 9.47 Å². The molecule has 0 aliphatic carbocycles. The van der Waals surface area contributed by atoms with E-state index in [0.29, 0.717) is 22.3 Å². The lowest BCUT2D eigenvalue weighted by Gasteiger charge is -2.07. The standard InChI is InChI=1S/C17H15N5O4S/c1-2-15-19-20-17(27-15)18-14(23)8-22-16(24)6-4-11(21-22)10-3-5-12-13(7-10)26-9-25-12/h3-7H,2,8-9H2,1H3,(H,18,20,23). The van der Waals surface area contributed by atoms with Crippen LogP contribution >= 0.6 is 11.3 Å². The molecule has 0 spiro atoms. The summed E-state index contributed by atoms with van der Waals surface area (Å²) in [5.41, 5.74) is 0.927. The average Bonchev–Trinajstić information content (AvgIpc) is 3.31. The molecule has 9 nitrogen and oxygen atoms in total. The summed E-state index contributed by atoms with van der Waals surface area (Å²) in [7, 11) is 0. The zero-order valence-electron chi connectivity index (χ0n) is 14.3. The van der Waals surface area contributed by atoms with Crippen LogP contribution in [0.15, 0.2) is 35.1 Å². The number of aryl methyl sites for hydroxylation is 1. The number of rotatable bonds is 5. The molecule has 3 aromatic rings. The number of nitrogens with one attached hydrogen (secondary N) is 1. The van der Waals surface area contributed by atoms with Crippen LogP contribution in [0.2, 0.25) is 0 Å². The van der Waals surface area contributed by atoms with Gasteiger partial charge in [0.05, 0.1) is 5.69 Å². The van der Waals surface area contributed by atoms with Gasteiger partial charge in [0.1, 0.15) is 11.6 Å². The van der Waals surface area contributed by atoms with Crippen molar-refractivity contribution < 1.29 is 14.3 Å². The number of anilines is 1. The zero-order chi connectivity index (χ0) is 18.8. The Labute approximate surface area is 157 Å². The molecule has 0 fully saturated rings. The Morgan fingerprint density at radius 2 is 2.07 bits per heavy atom. The highest BCUT2D eigenvalue weighted by atomic mass is 32.1. The number of amides is 1. The van der Waals surface area contributed by atoms with Crippen molar-refractivity contribution in [2.24, 2.45) is 0 Å². The van der Waals surface area contributed by atoms with Crippen LogP contribution in [0.25, 0.3) is 11.3 Å². The minimum Gasteiger partial charge on any atom is -0.454 e. The second-order valence-corrected chi connectivity index (χ2v) is 6.75. The highest BCUT2D eigenvalue weighted by molar-refractivity contribution is 7.15. The van der Waals surface area contributed by atoms with Crippen molar-refractivity contribution in [3.63, 3.8) is 0 Å². The number of carbonyl (C=O) groups excluding carboxylic acids is 1. The van der Waals surface area contributed by atoms with Gasteiger partial charge in [-0.1, -0.05) is 18.3 Å². The molecule has 0 atom stereocenters. The lowest BCUT2D eigenvalue weighted by atomic mass is 10.1. The quantitative estimate of drug-likeness (QED) is 0.712. The first kappa shape index (κ1) is 17.2. The van der Waals surface area contributed by atoms with E-state index in [4.69, 9.17) is 9.47 Å². The van der Waals surface area contributed by atoms with Crippen LogP contribution in [0, 0.1) is 0 Å². The molecule has 3 heterocycles. The Morgan fingerprint density at radius 3 is 2.89 bits per heavy atom. The summed E-state index contributed by atoms with van der Waals surface area (Å²) in [6, 6.07) is 8.36. The van der Waals surface area contributed by atoms with Crippen LogP contribution in [0.1, 0.15) is 11.9 Å². The second kappa shape index (κ2) is 7.16. The first-order valence-corrected chi connectivity index (χ1v) is 9.04. The van der Waals surface area contributed by atoms with Crippen molar-refractivity contribution >= 4 is 22.4 Å². The minimum absolute atomic E-state index is 0.178. The van der Waals surface area contributed by atoms with Crippen molar-refractivity contribution in [3.8, 4) is 22.8 Å². The van der Waals surface area contributed by atoms with E-state index in [1.165, 1.54) is 17.4 Å². The molecule has 1 amide bonds. The van der Waals surface area contributed by atoms with E-state index in [1.807, 2.05) is 13.0 Å². The van der Waals surface area contributed by atoms with E-state index in [1.54, 1.807) is 18.2 Å². The number of carbonyl (C=O) groups is 1. The molecule has 0 unspecified atom stereocenters. The molecular weight excluding hydrogens is 370 g/mol. The molecule has 0 saturated carbocycles. The SMILES string of the molecule is CCc1nnc(NC(=O)Cn2nc(-c3ccc4c(c3)OCO4)ccc2=O)s1. The summed E-state index contributed by atoms with van der Waals surface area (Å²) in [4.78, 5) is 24.3. The molecule has 1 aliphatic rings. The van der Waals surface area contributed by atoms with Crippen molar-refractivity contribution in [3.05, 3.63) is 45.7 Å². The molecule has 4 rings (SSSR count). The number of hydrogen-bond acceptors (Lipinski definition) is 8. The molecule has 27 heavy (non-hydrogen) atoms. The summed E-state index contributed by atoms with van der Waals surface area (Å²) in [6.07, 6.45) is 0.742. The summed E-state index contributed by atoms with van der Waals surface area (Å²) in [5.74, 6) is 0.883. The number of hydrogen-bond donors (Lipinski definition) is 1. The average molecular weight is 385 g/mol. The molecule has 0 saturated heterocycles. The summed E-state index contributed by atoms with van der Waals surface area (Å²) < 4.78 is 11.8. The third-order valence-corrected chi connectivity index (χ3v) is 4.83. The van der Waals surface area contributed by atoms with Crippen molar-refractivity contribution in [1.29, 1.82) is 0 Å². The van der Waals surface area contributed by atoms with E-state index in [0.717, 1.165) is 21.7 Å². The normalized spacial score (nSPS) is 12.2. The topological polar surface area (TPSA) is 108 Å². The molecule has 0 radical (unpaired) electrons. The number of aromatic nitrogens is 4. The second-order valence-electron chi connectivity index (χ2n) is 5.69. The van der Waals surface area contributed by atoms with Gasteiger partial charge in [-0.3, -0.25) is 14.9 Å². The van der Waals surface area contributed by atoms with Gasteiger partial charge in [-0.05, 0) is 30.7 Å². The van der Waals surface area contributed by atoms with Crippen molar-refractivity contribution in [2.45, 2.75) is 19.9 Å². The summed E-state index contributed by atoms with van der Waals surface area (Å²) in [5, 5.41) is 16.0. The van der Waals surface area contributed by atoms with Gasteiger partial charge in [0.15, 0.2) is 11.5 Å². The van der Waals surface area contributed by atoms with Crippen LogP contribution in [0.5, 0.6) is 11.5 Å². The largest absolute Gasteiger partial charge is 0.454 e. The third kappa shape index (κ3) is 3.65. The van der Waals surface area contributed by atoms with Crippen LogP contribution in [-0.4, -0.2) is 32.7 Å². The van der Waals surface area contributed by atoms with E-state index in [2.05, 4.69) is 20.6 Å². The maximum absolute atomic E-state index is 12.2. The van der Waals surface area contributed by atoms with Gasteiger partial charge in [-0.2, -0.15) is 5.10 Å².